The standard InChI is InChI=1S/C29H32ClN3O3/c1-21(2)24-8-3-6-11-27(24)35-19-7-18-33-26-10-5-4-9-25(26)32-28(33)16-17-31-29(34)20-36-23-14-12-22(30)13-15-23/h3-6,8-15,21H,7,16-20H2,1-2H3,(H,31,34). The van der Waals surface area contributed by atoms with Crippen LogP contribution in [0.15, 0.2) is 72.8 Å². The van der Waals surface area contributed by atoms with Crippen molar-refractivity contribution in [2.45, 2.75) is 39.2 Å². The quantitative estimate of drug-likeness (QED) is 0.239. The average Bonchev–Trinajstić information content (AvgIpc) is 3.23. The van der Waals surface area contributed by atoms with Crippen molar-refractivity contribution >= 4 is 28.5 Å². The van der Waals surface area contributed by atoms with E-state index in [4.69, 9.17) is 26.1 Å². The summed E-state index contributed by atoms with van der Waals surface area (Å²) < 4.78 is 13.9. The monoisotopic (exact) mass is 505 g/mol. The fourth-order valence-electron chi connectivity index (χ4n) is 4.10. The highest BCUT2D eigenvalue weighted by atomic mass is 35.5. The van der Waals surface area contributed by atoms with Crippen molar-refractivity contribution in [3.8, 4) is 11.5 Å². The largest absolute Gasteiger partial charge is 0.493 e. The van der Waals surface area contributed by atoms with E-state index in [-0.39, 0.29) is 12.5 Å². The number of para-hydroxylation sites is 3. The van der Waals surface area contributed by atoms with Gasteiger partial charge in [-0.25, -0.2) is 4.98 Å². The van der Waals surface area contributed by atoms with Gasteiger partial charge in [-0.1, -0.05) is 55.8 Å². The van der Waals surface area contributed by atoms with Gasteiger partial charge in [-0.15, -0.1) is 0 Å². The molecule has 0 unspecified atom stereocenters. The van der Waals surface area contributed by atoms with Crippen molar-refractivity contribution in [2.75, 3.05) is 19.8 Å². The Kier molecular flexibility index (Phi) is 8.85. The Morgan fingerprint density at radius 1 is 1.00 bits per heavy atom. The number of imidazole rings is 1. The lowest BCUT2D eigenvalue weighted by molar-refractivity contribution is -0.123. The Hall–Kier alpha value is -3.51. The summed E-state index contributed by atoms with van der Waals surface area (Å²) in [4.78, 5) is 17.1. The molecule has 0 saturated carbocycles. The van der Waals surface area contributed by atoms with Crippen molar-refractivity contribution in [3.05, 3.63) is 89.2 Å². The van der Waals surface area contributed by atoms with Crippen LogP contribution < -0.4 is 14.8 Å². The molecule has 1 amide bonds. The summed E-state index contributed by atoms with van der Waals surface area (Å²) in [6.07, 6.45) is 1.47. The summed E-state index contributed by atoms with van der Waals surface area (Å²) in [5.74, 6) is 2.74. The summed E-state index contributed by atoms with van der Waals surface area (Å²) in [6.45, 7) is 6.18. The predicted octanol–water partition coefficient (Wildman–Crippen LogP) is 6.02. The molecule has 0 spiro atoms. The van der Waals surface area contributed by atoms with Crippen molar-refractivity contribution in [3.63, 3.8) is 0 Å². The zero-order chi connectivity index (χ0) is 25.3. The highest BCUT2D eigenvalue weighted by Crippen LogP contribution is 2.26. The first-order chi connectivity index (χ1) is 17.5. The van der Waals surface area contributed by atoms with Crippen LogP contribution in [0, 0.1) is 0 Å². The van der Waals surface area contributed by atoms with Gasteiger partial charge in [0.1, 0.15) is 17.3 Å². The predicted molar refractivity (Wildman–Crippen MR) is 144 cm³/mol. The van der Waals surface area contributed by atoms with Crippen LogP contribution in [0.4, 0.5) is 0 Å². The number of rotatable bonds is 12. The van der Waals surface area contributed by atoms with E-state index in [1.807, 2.05) is 30.3 Å². The second kappa shape index (κ2) is 12.5. The third-order valence-electron chi connectivity index (χ3n) is 5.91. The van der Waals surface area contributed by atoms with Crippen LogP contribution in [-0.2, 0) is 17.8 Å². The highest BCUT2D eigenvalue weighted by molar-refractivity contribution is 6.30. The molecule has 7 heteroatoms. The summed E-state index contributed by atoms with van der Waals surface area (Å²) in [7, 11) is 0. The van der Waals surface area contributed by atoms with Crippen LogP contribution in [0.2, 0.25) is 5.02 Å². The third kappa shape index (κ3) is 6.79. The number of fused-ring (bicyclic) bond motifs is 1. The molecule has 0 saturated heterocycles. The van der Waals surface area contributed by atoms with Crippen LogP contribution in [-0.4, -0.2) is 35.2 Å². The molecule has 1 N–H and O–H groups in total. The zero-order valence-electron chi connectivity index (χ0n) is 20.7. The van der Waals surface area contributed by atoms with Gasteiger partial charge >= 0.3 is 0 Å². The topological polar surface area (TPSA) is 65.4 Å². The number of aromatic nitrogens is 2. The first-order valence-electron chi connectivity index (χ1n) is 12.3. The summed E-state index contributed by atoms with van der Waals surface area (Å²) in [5.41, 5.74) is 3.27. The van der Waals surface area contributed by atoms with Crippen LogP contribution in [0.5, 0.6) is 11.5 Å². The van der Waals surface area contributed by atoms with Crippen molar-refractivity contribution in [2.24, 2.45) is 0 Å². The first-order valence-corrected chi connectivity index (χ1v) is 12.7. The summed E-state index contributed by atoms with van der Waals surface area (Å²) in [6, 6.07) is 23.3. The fourth-order valence-corrected chi connectivity index (χ4v) is 4.23. The maximum atomic E-state index is 12.2. The molecular formula is C29H32ClN3O3. The molecule has 3 aromatic carbocycles. The molecule has 36 heavy (non-hydrogen) atoms. The van der Waals surface area contributed by atoms with E-state index in [1.54, 1.807) is 24.3 Å². The lowest BCUT2D eigenvalue weighted by Gasteiger charge is -2.14. The van der Waals surface area contributed by atoms with Gasteiger partial charge < -0.3 is 19.4 Å². The Bertz CT molecular complexity index is 1280. The number of hydrogen-bond donors (Lipinski definition) is 1. The molecule has 4 aromatic rings. The number of hydrogen-bond acceptors (Lipinski definition) is 4. The number of carbonyl (C=O) groups excluding carboxylic acids is 1. The number of aryl methyl sites for hydroxylation is 1. The van der Waals surface area contributed by atoms with Crippen molar-refractivity contribution < 1.29 is 14.3 Å². The molecule has 0 radical (unpaired) electrons. The zero-order valence-corrected chi connectivity index (χ0v) is 21.5. The molecule has 0 aliphatic carbocycles. The SMILES string of the molecule is CC(C)c1ccccc1OCCCn1c(CCNC(=O)COc2ccc(Cl)cc2)nc2ccccc21. The summed E-state index contributed by atoms with van der Waals surface area (Å²) in [5, 5.41) is 3.55. The van der Waals surface area contributed by atoms with E-state index in [0.717, 1.165) is 35.6 Å². The maximum absolute atomic E-state index is 12.2. The molecule has 1 aromatic heterocycles. The second-order valence-corrected chi connectivity index (χ2v) is 9.34. The second-order valence-electron chi connectivity index (χ2n) is 8.91. The Morgan fingerprint density at radius 2 is 1.75 bits per heavy atom. The fraction of sp³-hybridized carbons (Fsp3) is 0.310. The molecule has 4 rings (SSSR count). The Balaban J connectivity index is 1.31. The molecule has 0 fully saturated rings. The molecule has 0 bridgehead atoms. The van der Waals surface area contributed by atoms with E-state index in [9.17, 15) is 4.79 Å². The number of nitrogens with one attached hydrogen (secondary N) is 1. The minimum Gasteiger partial charge on any atom is -0.493 e. The van der Waals surface area contributed by atoms with Gasteiger partial charge in [0.2, 0.25) is 0 Å². The van der Waals surface area contributed by atoms with Crippen molar-refractivity contribution in [1.29, 1.82) is 0 Å². The Morgan fingerprint density at radius 3 is 2.56 bits per heavy atom. The maximum Gasteiger partial charge on any atom is 0.257 e. The van der Waals surface area contributed by atoms with Gasteiger partial charge in [0.15, 0.2) is 6.61 Å². The lowest BCUT2D eigenvalue weighted by atomic mass is 10.0. The molecule has 0 atom stereocenters. The van der Waals surface area contributed by atoms with E-state index in [1.165, 1.54) is 5.56 Å². The van der Waals surface area contributed by atoms with Gasteiger partial charge in [-0.05, 0) is 60.4 Å². The van der Waals surface area contributed by atoms with Crippen molar-refractivity contribution in [1.82, 2.24) is 14.9 Å². The minimum absolute atomic E-state index is 0.0484. The molecule has 188 valence electrons. The normalized spacial score (nSPS) is 11.1. The van der Waals surface area contributed by atoms with Crippen LogP contribution in [0.1, 0.15) is 37.6 Å². The summed E-state index contributed by atoms with van der Waals surface area (Å²) >= 11 is 5.88. The van der Waals surface area contributed by atoms with E-state index < -0.39 is 0 Å². The highest BCUT2D eigenvalue weighted by Gasteiger charge is 2.12. The van der Waals surface area contributed by atoms with Gasteiger partial charge in [-0.2, -0.15) is 0 Å². The van der Waals surface area contributed by atoms with Gasteiger partial charge in [-0.3, -0.25) is 4.79 Å². The van der Waals surface area contributed by atoms with Gasteiger partial charge in [0.05, 0.1) is 17.6 Å². The van der Waals surface area contributed by atoms with Gasteiger partial charge in [0, 0.05) is 24.5 Å². The smallest absolute Gasteiger partial charge is 0.257 e. The number of halogens is 1. The number of ether oxygens (including phenoxy) is 2. The van der Waals surface area contributed by atoms with Crippen LogP contribution in [0.3, 0.4) is 0 Å². The molecule has 0 aliphatic heterocycles. The minimum atomic E-state index is -0.176. The molecule has 0 aliphatic rings. The van der Waals surface area contributed by atoms with Crippen LogP contribution in [0.25, 0.3) is 11.0 Å². The number of benzene rings is 3. The van der Waals surface area contributed by atoms with Crippen LogP contribution >= 0.6 is 11.6 Å². The number of nitrogens with zero attached hydrogens (tertiary/aromatic N) is 2. The first kappa shape index (κ1) is 25.6. The van der Waals surface area contributed by atoms with E-state index in [2.05, 4.69) is 41.9 Å². The average molecular weight is 506 g/mol. The molecule has 1 heterocycles. The third-order valence-corrected chi connectivity index (χ3v) is 6.16. The van der Waals surface area contributed by atoms with E-state index in [0.29, 0.717) is 36.3 Å². The lowest BCUT2D eigenvalue weighted by Crippen LogP contribution is -2.31. The molecule has 6 nitrogen and oxygen atoms in total. The Labute approximate surface area is 217 Å². The number of amides is 1. The number of carbonyl (C=O) groups is 1. The van der Waals surface area contributed by atoms with Gasteiger partial charge in [0.25, 0.3) is 5.91 Å². The molecular weight excluding hydrogens is 474 g/mol. The van der Waals surface area contributed by atoms with E-state index >= 15 is 0 Å².